The molecule has 0 aromatic carbocycles. The van der Waals surface area contributed by atoms with E-state index in [0.29, 0.717) is 12.3 Å². The average molecular weight is 185 g/mol. The van der Waals surface area contributed by atoms with Crippen molar-refractivity contribution in [3.05, 3.63) is 11.7 Å². The number of amides is 1. The fraction of sp³-hybridized carbons (Fsp3) is 0.571. The van der Waals surface area contributed by atoms with E-state index >= 15 is 0 Å². The van der Waals surface area contributed by atoms with Crippen molar-refractivity contribution in [1.29, 1.82) is 0 Å². The number of aryl methyl sites for hydroxylation is 1. The van der Waals surface area contributed by atoms with Gasteiger partial charge in [-0.2, -0.15) is 4.98 Å². The van der Waals surface area contributed by atoms with Gasteiger partial charge in [0.15, 0.2) is 5.82 Å². The number of hydrogen-bond donors (Lipinski definition) is 2. The smallest absolute Gasteiger partial charge is 0.223 e. The molecule has 13 heavy (non-hydrogen) atoms. The van der Waals surface area contributed by atoms with Crippen LogP contribution in [0.5, 0.6) is 0 Å². The first kappa shape index (κ1) is 9.66. The van der Waals surface area contributed by atoms with Crippen LogP contribution >= 0.6 is 0 Å². The molecule has 0 saturated heterocycles. The summed E-state index contributed by atoms with van der Waals surface area (Å²) in [7, 11) is 0. The van der Waals surface area contributed by atoms with Crippen molar-refractivity contribution < 1.29 is 14.4 Å². The summed E-state index contributed by atoms with van der Waals surface area (Å²) in [5.74, 6) is 0.655. The van der Waals surface area contributed by atoms with Crippen LogP contribution in [-0.2, 0) is 10.3 Å². The summed E-state index contributed by atoms with van der Waals surface area (Å²) in [6, 6.07) is 0. The molecule has 0 aliphatic rings. The zero-order valence-corrected chi connectivity index (χ0v) is 7.44. The minimum atomic E-state index is -0.973. The molecule has 1 rings (SSSR count). The zero-order chi connectivity index (χ0) is 9.90. The highest BCUT2D eigenvalue weighted by Crippen LogP contribution is 2.15. The van der Waals surface area contributed by atoms with E-state index in [1.807, 2.05) is 0 Å². The third kappa shape index (κ3) is 1.83. The first-order chi connectivity index (χ1) is 6.12. The number of carbonyl (C=O) groups is 1. The van der Waals surface area contributed by atoms with Crippen molar-refractivity contribution in [3.63, 3.8) is 0 Å². The first-order valence-corrected chi connectivity index (χ1v) is 3.75. The SMILES string of the molecule is Cc1nc(C(C)(CO)NC=O)no1. The van der Waals surface area contributed by atoms with Crippen molar-refractivity contribution in [2.24, 2.45) is 0 Å². The maximum absolute atomic E-state index is 10.3. The summed E-state index contributed by atoms with van der Waals surface area (Å²) < 4.78 is 4.73. The molecule has 0 radical (unpaired) electrons. The Hall–Kier alpha value is -1.43. The Kier molecular flexibility index (Phi) is 2.62. The molecular weight excluding hydrogens is 174 g/mol. The maximum atomic E-state index is 10.3. The molecule has 6 heteroatoms. The van der Waals surface area contributed by atoms with Gasteiger partial charge >= 0.3 is 0 Å². The second kappa shape index (κ2) is 3.53. The largest absolute Gasteiger partial charge is 0.393 e. The Morgan fingerprint density at radius 1 is 1.77 bits per heavy atom. The van der Waals surface area contributed by atoms with Gasteiger partial charge in [0.1, 0.15) is 5.54 Å². The molecule has 0 aliphatic heterocycles. The first-order valence-electron chi connectivity index (χ1n) is 3.75. The van der Waals surface area contributed by atoms with Crippen molar-refractivity contribution in [2.75, 3.05) is 6.61 Å². The number of carbonyl (C=O) groups excluding carboxylic acids is 1. The van der Waals surface area contributed by atoms with E-state index in [1.165, 1.54) is 0 Å². The van der Waals surface area contributed by atoms with Crippen molar-refractivity contribution in [2.45, 2.75) is 19.4 Å². The lowest BCUT2D eigenvalue weighted by molar-refractivity contribution is -0.111. The number of aromatic nitrogens is 2. The van der Waals surface area contributed by atoms with Gasteiger partial charge in [-0.15, -0.1) is 0 Å². The van der Waals surface area contributed by atoms with E-state index in [-0.39, 0.29) is 12.4 Å². The molecule has 1 aromatic heterocycles. The summed E-state index contributed by atoms with van der Waals surface area (Å²) in [5, 5.41) is 15.1. The van der Waals surface area contributed by atoms with Crippen LogP contribution in [0.2, 0.25) is 0 Å². The summed E-state index contributed by atoms with van der Waals surface area (Å²) >= 11 is 0. The Labute approximate surface area is 74.9 Å². The number of hydrogen-bond acceptors (Lipinski definition) is 5. The molecule has 0 fully saturated rings. The lowest BCUT2D eigenvalue weighted by Gasteiger charge is -2.21. The quantitative estimate of drug-likeness (QED) is 0.607. The van der Waals surface area contributed by atoms with Gasteiger partial charge < -0.3 is 14.9 Å². The molecule has 1 heterocycles. The van der Waals surface area contributed by atoms with Gasteiger partial charge in [0.2, 0.25) is 12.3 Å². The minimum Gasteiger partial charge on any atom is -0.393 e. The minimum absolute atomic E-state index is 0.264. The molecule has 1 amide bonds. The van der Waals surface area contributed by atoms with Crippen molar-refractivity contribution in [3.8, 4) is 0 Å². The number of aliphatic hydroxyl groups is 1. The second-order valence-electron chi connectivity index (χ2n) is 2.89. The van der Waals surface area contributed by atoms with Gasteiger partial charge in [0.25, 0.3) is 0 Å². The zero-order valence-electron chi connectivity index (χ0n) is 7.44. The fourth-order valence-electron chi connectivity index (χ4n) is 0.834. The van der Waals surface area contributed by atoms with E-state index in [4.69, 9.17) is 9.63 Å². The molecule has 0 bridgehead atoms. The second-order valence-corrected chi connectivity index (χ2v) is 2.89. The molecule has 0 aliphatic carbocycles. The molecule has 1 unspecified atom stereocenters. The number of aliphatic hydroxyl groups excluding tert-OH is 1. The molecule has 1 atom stereocenters. The Balaban J connectivity index is 2.94. The third-order valence-electron chi connectivity index (χ3n) is 1.71. The van der Waals surface area contributed by atoms with Gasteiger partial charge in [-0.05, 0) is 6.92 Å². The summed E-state index contributed by atoms with van der Waals surface area (Å²) in [6.45, 7) is 2.95. The van der Waals surface area contributed by atoms with Crippen molar-refractivity contribution >= 4 is 6.41 Å². The van der Waals surface area contributed by atoms with Crippen LogP contribution in [0.1, 0.15) is 18.6 Å². The highest BCUT2D eigenvalue weighted by molar-refractivity contribution is 5.48. The van der Waals surface area contributed by atoms with Crippen molar-refractivity contribution in [1.82, 2.24) is 15.5 Å². The third-order valence-corrected chi connectivity index (χ3v) is 1.71. The fourth-order valence-corrected chi connectivity index (χ4v) is 0.834. The Morgan fingerprint density at radius 2 is 2.46 bits per heavy atom. The van der Waals surface area contributed by atoms with E-state index < -0.39 is 5.54 Å². The van der Waals surface area contributed by atoms with E-state index in [2.05, 4.69) is 15.5 Å². The number of nitrogens with zero attached hydrogens (tertiary/aromatic N) is 2. The van der Waals surface area contributed by atoms with Gasteiger partial charge in [0, 0.05) is 6.92 Å². The highest BCUT2D eigenvalue weighted by atomic mass is 16.5. The van der Waals surface area contributed by atoms with Crippen LogP contribution < -0.4 is 5.32 Å². The Bertz CT molecular complexity index is 299. The Morgan fingerprint density at radius 3 is 2.85 bits per heavy atom. The monoisotopic (exact) mass is 185 g/mol. The lowest BCUT2D eigenvalue weighted by atomic mass is 10.0. The average Bonchev–Trinajstić information content (AvgIpc) is 2.52. The summed E-state index contributed by atoms with van der Waals surface area (Å²) in [5.41, 5.74) is -0.973. The van der Waals surface area contributed by atoms with Crippen LogP contribution in [0.3, 0.4) is 0 Å². The predicted octanol–water partition coefficient (Wildman–Crippen LogP) is -0.668. The summed E-state index contributed by atoms with van der Waals surface area (Å²) in [6.07, 6.45) is 0.488. The van der Waals surface area contributed by atoms with Gasteiger partial charge in [-0.1, -0.05) is 5.16 Å². The predicted molar refractivity (Wildman–Crippen MR) is 42.7 cm³/mol. The van der Waals surface area contributed by atoms with Gasteiger partial charge in [-0.3, -0.25) is 4.79 Å². The van der Waals surface area contributed by atoms with E-state index in [0.717, 1.165) is 0 Å². The molecule has 72 valence electrons. The molecule has 0 saturated carbocycles. The molecule has 6 nitrogen and oxygen atoms in total. The van der Waals surface area contributed by atoms with Crippen LogP contribution in [0.15, 0.2) is 4.52 Å². The molecule has 1 aromatic rings. The number of nitrogens with one attached hydrogen (secondary N) is 1. The molecule has 0 spiro atoms. The van der Waals surface area contributed by atoms with Gasteiger partial charge in [-0.25, -0.2) is 0 Å². The number of rotatable bonds is 4. The standard InChI is InChI=1S/C7H11N3O3/c1-5-9-6(10-13-5)7(2,3-11)8-4-12/h4,11H,3H2,1-2H3,(H,8,12). The summed E-state index contributed by atoms with van der Waals surface area (Å²) in [4.78, 5) is 14.2. The topological polar surface area (TPSA) is 88.3 Å². The molecule has 2 N–H and O–H groups in total. The van der Waals surface area contributed by atoms with Gasteiger partial charge in [0.05, 0.1) is 6.61 Å². The van der Waals surface area contributed by atoms with Crippen LogP contribution in [0.25, 0.3) is 0 Å². The van der Waals surface area contributed by atoms with Crippen LogP contribution in [0.4, 0.5) is 0 Å². The van der Waals surface area contributed by atoms with E-state index in [1.54, 1.807) is 13.8 Å². The van der Waals surface area contributed by atoms with Crippen LogP contribution in [0, 0.1) is 6.92 Å². The van der Waals surface area contributed by atoms with Crippen LogP contribution in [-0.4, -0.2) is 28.3 Å². The highest BCUT2D eigenvalue weighted by Gasteiger charge is 2.30. The van der Waals surface area contributed by atoms with E-state index in [9.17, 15) is 4.79 Å². The molecular formula is C7H11N3O3. The maximum Gasteiger partial charge on any atom is 0.223 e. The lowest BCUT2D eigenvalue weighted by Crippen LogP contribution is -2.43. The normalized spacial score (nSPS) is 15.0.